The van der Waals surface area contributed by atoms with Crippen LogP contribution < -0.4 is 0 Å². The zero-order valence-corrected chi connectivity index (χ0v) is 16.9. The van der Waals surface area contributed by atoms with Crippen LogP contribution in [0.3, 0.4) is 0 Å². The molecule has 5 nitrogen and oxygen atoms in total. The molecule has 27 heavy (non-hydrogen) atoms. The summed E-state index contributed by atoms with van der Waals surface area (Å²) < 4.78 is 5.15. The smallest absolute Gasteiger partial charge is 0.227 e. The van der Waals surface area contributed by atoms with Gasteiger partial charge in [0.25, 0.3) is 0 Å². The van der Waals surface area contributed by atoms with Gasteiger partial charge in [-0.3, -0.25) is 9.59 Å². The maximum absolute atomic E-state index is 12.9. The third-order valence-corrected chi connectivity index (χ3v) is 6.25. The standard InChI is InChI=1S/C22H32N2O3/c1-17-5-6-19(13-18(17)2)14-21(26)23-10-4-8-22(15-23)9-7-20(25)24(16-22)11-12-27-3/h5-6,13H,4,7-12,14-16H2,1-3H3/t22-/m1/s1. The maximum atomic E-state index is 12.9. The number of nitrogens with zero attached hydrogens (tertiary/aromatic N) is 2. The second kappa shape index (κ2) is 8.42. The number of amides is 2. The van der Waals surface area contributed by atoms with E-state index >= 15 is 0 Å². The summed E-state index contributed by atoms with van der Waals surface area (Å²) >= 11 is 0. The zero-order chi connectivity index (χ0) is 19.4. The Kier molecular flexibility index (Phi) is 6.20. The summed E-state index contributed by atoms with van der Waals surface area (Å²) in [7, 11) is 1.66. The minimum Gasteiger partial charge on any atom is -0.383 e. The Balaban J connectivity index is 1.65. The summed E-state index contributed by atoms with van der Waals surface area (Å²) in [4.78, 5) is 29.1. The topological polar surface area (TPSA) is 49.9 Å². The Bertz CT molecular complexity index is 703. The molecule has 5 heteroatoms. The van der Waals surface area contributed by atoms with E-state index in [9.17, 15) is 9.59 Å². The molecule has 148 valence electrons. The summed E-state index contributed by atoms with van der Waals surface area (Å²) in [5.74, 6) is 0.425. The SMILES string of the molecule is COCCN1C[C@]2(CCCN(C(=O)Cc3ccc(C)c(C)c3)C2)CCC1=O. The van der Waals surface area contributed by atoms with E-state index in [4.69, 9.17) is 4.74 Å². The molecule has 0 unspecified atom stereocenters. The van der Waals surface area contributed by atoms with Gasteiger partial charge in [-0.1, -0.05) is 18.2 Å². The molecule has 0 radical (unpaired) electrons. The molecular formula is C22H32N2O3. The summed E-state index contributed by atoms with van der Waals surface area (Å²) in [6.07, 6.45) is 4.05. The van der Waals surface area contributed by atoms with Crippen molar-refractivity contribution in [1.82, 2.24) is 9.80 Å². The first kappa shape index (κ1) is 19.9. The van der Waals surface area contributed by atoms with E-state index in [1.54, 1.807) is 7.11 Å². The summed E-state index contributed by atoms with van der Waals surface area (Å²) in [5.41, 5.74) is 3.63. The van der Waals surface area contributed by atoms with Crippen molar-refractivity contribution in [3.8, 4) is 0 Å². The lowest BCUT2D eigenvalue weighted by atomic mass is 9.73. The van der Waals surface area contributed by atoms with Crippen LogP contribution >= 0.6 is 0 Å². The molecule has 2 heterocycles. The van der Waals surface area contributed by atoms with E-state index in [0.29, 0.717) is 26.0 Å². The Morgan fingerprint density at radius 2 is 2.00 bits per heavy atom. The van der Waals surface area contributed by atoms with Gasteiger partial charge in [-0.2, -0.15) is 0 Å². The number of rotatable bonds is 5. The normalized spacial score (nSPS) is 23.1. The average Bonchev–Trinajstić information content (AvgIpc) is 2.66. The largest absolute Gasteiger partial charge is 0.383 e. The van der Waals surface area contributed by atoms with Crippen LogP contribution in [0.5, 0.6) is 0 Å². The van der Waals surface area contributed by atoms with Crippen molar-refractivity contribution in [3.63, 3.8) is 0 Å². The highest BCUT2D eigenvalue weighted by molar-refractivity contribution is 5.79. The Morgan fingerprint density at radius 3 is 2.74 bits per heavy atom. The lowest BCUT2D eigenvalue weighted by molar-refractivity contribution is -0.143. The number of methoxy groups -OCH3 is 1. The Hall–Kier alpha value is -1.88. The molecule has 2 aliphatic rings. The number of hydrogen-bond donors (Lipinski definition) is 0. The molecule has 0 aliphatic carbocycles. The molecule has 0 aromatic heterocycles. The van der Waals surface area contributed by atoms with Gasteiger partial charge in [0.2, 0.25) is 11.8 Å². The van der Waals surface area contributed by atoms with Crippen LogP contribution in [0.15, 0.2) is 18.2 Å². The number of piperidine rings is 2. The van der Waals surface area contributed by atoms with Crippen LogP contribution in [-0.4, -0.2) is 61.5 Å². The van der Waals surface area contributed by atoms with E-state index < -0.39 is 0 Å². The maximum Gasteiger partial charge on any atom is 0.227 e. The van der Waals surface area contributed by atoms with Crippen LogP contribution in [0.4, 0.5) is 0 Å². The van der Waals surface area contributed by atoms with E-state index in [1.165, 1.54) is 11.1 Å². The average molecular weight is 373 g/mol. The van der Waals surface area contributed by atoms with Crippen molar-refractivity contribution in [2.75, 3.05) is 39.9 Å². The number of aryl methyl sites for hydroxylation is 2. The molecule has 0 N–H and O–H groups in total. The minimum atomic E-state index is 0.0543. The number of carbonyl (C=O) groups excluding carboxylic acids is 2. The van der Waals surface area contributed by atoms with Gasteiger partial charge < -0.3 is 14.5 Å². The van der Waals surface area contributed by atoms with Crippen LogP contribution in [0.1, 0.15) is 42.4 Å². The molecule has 3 rings (SSSR count). The first-order chi connectivity index (χ1) is 12.9. The lowest BCUT2D eigenvalue weighted by Gasteiger charge is -2.48. The van der Waals surface area contributed by atoms with Gasteiger partial charge in [0.05, 0.1) is 13.0 Å². The molecule has 1 spiro atoms. The first-order valence-corrected chi connectivity index (χ1v) is 10.0. The van der Waals surface area contributed by atoms with Crippen LogP contribution in [0.2, 0.25) is 0 Å². The summed E-state index contributed by atoms with van der Waals surface area (Å²) in [6.45, 7) is 7.75. The summed E-state index contributed by atoms with van der Waals surface area (Å²) in [5, 5.41) is 0. The lowest BCUT2D eigenvalue weighted by Crippen LogP contribution is -2.55. The predicted molar refractivity (Wildman–Crippen MR) is 106 cm³/mol. The van der Waals surface area contributed by atoms with Gasteiger partial charge in [0.1, 0.15) is 0 Å². The molecule has 1 atom stereocenters. The third kappa shape index (κ3) is 4.70. The monoisotopic (exact) mass is 372 g/mol. The van der Waals surface area contributed by atoms with Gasteiger partial charge in [-0.25, -0.2) is 0 Å². The molecule has 1 aromatic rings. The zero-order valence-electron chi connectivity index (χ0n) is 16.9. The van der Waals surface area contributed by atoms with Gasteiger partial charge in [0.15, 0.2) is 0 Å². The first-order valence-electron chi connectivity index (χ1n) is 10.0. The highest BCUT2D eigenvalue weighted by atomic mass is 16.5. The van der Waals surface area contributed by atoms with Gasteiger partial charge in [-0.05, 0) is 49.8 Å². The second-order valence-corrected chi connectivity index (χ2v) is 8.32. The number of carbonyl (C=O) groups is 2. The Labute approximate surface area is 162 Å². The van der Waals surface area contributed by atoms with Crippen LogP contribution in [0.25, 0.3) is 0 Å². The molecule has 2 amide bonds. The van der Waals surface area contributed by atoms with Crippen LogP contribution in [-0.2, 0) is 20.7 Å². The van der Waals surface area contributed by atoms with Crippen molar-refractivity contribution >= 4 is 11.8 Å². The van der Waals surface area contributed by atoms with E-state index in [1.807, 2.05) is 9.80 Å². The molecule has 0 bridgehead atoms. The van der Waals surface area contributed by atoms with E-state index in [-0.39, 0.29) is 17.2 Å². The van der Waals surface area contributed by atoms with Crippen molar-refractivity contribution < 1.29 is 14.3 Å². The van der Waals surface area contributed by atoms with Crippen molar-refractivity contribution in [2.24, 2.45) is 5.41 Å². The molecule has 2 saturated heterocycles. The molecular weight excluding hydrogens is 340 g/mol. The highest BCUT2D eigenvalue weighted by Crippen LogP contribution is 2.39. The number of likely N-dealkylation sites (tertiary alicyclic amines) is 2. The van der Waals surface area contributed by atoms with E-state index in [2.05, 4.69) is 32.0 Å². The minimum absolute atomic E-state index is 0.0543. The fraction of sp³-hybridized carbons (Fsp3) is 0.636. The van der Waals surface area contributed by atoms with Crippen LogP contribution in [0, 0.1) is 19.3 Å². The summed E-state index contributed by atoms with van der Waals surface area (Å²) in [6, 6.07) is 6.28. The van der Waals surface area contributed by atoms with Gasteiger partial charge >= 0.3 is 0 Å². The quantitative estimate of drug-likeness (QED) is 0.799. The molecule has 2 fully saturated rings. The fourth-order valence-corrected chi connectivity index (χ4v) is 4.46. The number of benzene rings is 1. The molecule has 2 aliphatic heterocycles. The number of hydrogen-bond acceptors (Lipinski definition) is 3. The number of ether oxygens (including phenoxy) is 1. The second-order valence-electron chi connectivity index (χ2n) is 8.32. The van der Waals surface area contributed by atoms with E-state index in [0.717, 1.165) is 44.5 Å². The van der Waals surface area contributed by atoms with Crippen molar-refractivity contribution in [1.29, 1.82) is 0 Å². The van der Waals surface area contributed by atoms with Crippen molar-refractivity contribution in [2.45, 2.75) is 46.0 Å². The Morgan fingerprint density at radius 1 is 1.19 bits per heavy atom. The predicted octanol–water partition coefficient (Wildman–Crippen LogP) is 2.72. The third-order valence-electron chi connectivity index (χ3n) is 6.25. The van der Waals surface area contributed by atoms with Crippen molar-refractivity contribution in [3.05, 3.63) is 34.9 Å². The highest BCUT2D eigenvalue weighted by Gasteiger charge is 2.42. The van der Waals surface area contributed by atoms with Gasteiger partial charge in [0, 0.05) is 45.1 Å². The molecule has 0 saturated carbocycles. The fourth-order valence-electron chi connectivity index (χ4n) is 4.46. The van der Waals surface area contributed by atoms with Gasteiger partial charge in [-0.15, -0.1) is 0 Å². The molecule has 1 aromatic carbocycles.